The van der Waals surface area contributed by atoms with Crippen LogP contribution < -0.4 is 5.32 Å². The monoisotopic (exact) mass is 207 g/mol. The fraction of sp³-hybridized carbons (Fsp3) is 0.857. The Bertz CT molecular complexity index is 208. The Kier molecular flexibility index (Phi) is 5.19. The van der Waals surface area contributed by atoms with Crippen molar-refractivity contribution in [2.75, 3.05) is 6.54 Å². The van der Waals surface area contributed by atoms with Crippen molar-refractivity contribution in [3.8, 4) is 12.3 Å². The third-order valence-corrected chi connectivity index (χ3v) is 3.81. The van der Waals surface area contributed by atoms with Gasteiger partial charge in [-0.1, -0.05) is 26.7 Å². The van der Waals surface area contributed by atoms with E-state index in [2.05, 4.69) is 25.1 Å². The Hall–Kier alpha value is -0.480. The lowest BCUT2D eigenvalue weighted by molar-refractivity contribution is 0.212. The van der Waals surface area contributed by atoms with Crippen LogP contribution in [-0.2, 0) is 0 Å². The molecule has 0 amide bonds. The van der Waals surface area contributed by atoms with E-state index in [9.17, 15) is 0 Å². The van der Waals surface area contributed by atoms with Crippen LogP contribution in [0.1, 0.15) is 58.8 Å². The van der Waals surface area contributed by atoms with Crippen LogP contribution in [0, 0.1) is 17.8 Å². The fourth-order valence-corrected chi connectivity index (χ4v) is 2.77. The molecule has 0 aromatic heterocycles. The van der Waals surface area contributed by atoms with Crippen molar-refractivity contribution >= 4 is 0 Å². The number of terminal acetylenes is 1. The van der Waals surface area contributed by atoms with Crippen molar-refractivity contribution < 1.29 is 0 Å². The van der Waals surface area contributed by atoms with E-state index < -0.39 is 0 Å². The van der Waals surface area contributed by atoms with Crippen molar-refractivity contribution in [1.29, 1.82) is 0 Å². The lowest BCUT2D eigenvalue weighted by Crippen LogP contribution is -2.42. The van der Waals surface area contributed by atoms with Crippen molar-refractivity contribution in [1.82, 2.24) is 5.32 Å². The van der Waals surface area contributed by atoms with Crippen molar-refractivity contribution in [3.05, 3.63) is 0 Å². The molecular weight excluding hydrogens is 182 g/mol. The van der Waals surface area contributed by atoms with E-state index in [1.165, 1.54) is 32.1 Å². The van der Waals surface area contributed by atoms with Gasteiger partial charge < -0.3 is 5.32 Å². The molecule has 0 aromatic carbocycles. The lowest BCUT2D eigenvalue weighted by atomic mass is 9.78. The second-order valence-electron chi connectivity index (χ2n) is 5.11. The van der Waals surface area contributed by atoms with E-state index in [-0.39, 0.29) is 0 Å². The maximum atomic E-state index is 5.37. The van der Waals surface area contributed by atoms with Gasteiger partial charge in [0.2, 0.25) is 0 Å². The molecule has 1 rings (SSSR count). The average molecular weight is 207 g/mol. The highest BCUT2D eigenvalue weighted by molar-refractivity contribution is 4.94. The predicted molar refractivity (Wildman–Crippen MR) is 66.7 cm³/mol. The molecule has 0 heterocycles. The molecule has 15 heavy (non-hydrogen) atoms. The molecule has 1 atom stereocenters. The maximum absolute atomic E-state index is 5.37. The summed E-state index contributed by atoms with van der Waals surface area (Å²) in [6, 6.07) is 0.635. The number of hydrogen-bond donors (Lipinski definition) is 1. The number of hydrogen-bond acceptors (Lipinski definition) is 1. The standard InChI is InChI=1S/C14H25N/c1-4-6-9-13(15-12-5-2)14(3)10-7-8-11-14/h1,13,15H,5-12H2,2-3H3. The van der Waals surface area contributed by atoms with Gasteiger partial charge in [-0.3, -0.25) is 0 Å². The summed E-state index contributed by atoms with van der Waals surface area (Å²) >= 11 is 0. The van der Waals surface area contributed by atoms with Gasteiger partial charge in [0, 0.05) is 12.5 Å². The van der Waals surface area contributed by atoms with Gasteiger partial charge in [0.15, 0.2) is 0 Å². The first-order valence-corrected chi connectivity index (χ1v) is 6.40. The molecule has 0 bridgehead atoms. The highest BCUT2D eigenvalue weighted by Crippen LogP contribution is 2.41. The molecule has 1 aliphatic carbocycles. The summed E-state index contributed by atoms with van der Waals surface area (Å²) in [6.07, 6.45) is 14.2. The lowest BCUT2D eigenvalue weighted by Gasteiger charge is -2.34. The van der Waals surface area contributed by atoms with Gasteiger partial charge in [0.05, 0.1) is 0 Å². The highest BCUT2D eigenvalue weighted by atomic mass is 14.9. The molecule has 1 N–H and O–H groups in total. The van der Waals surface area contributed by atoms with Crippen molar-refractivity contribution in [2.45, 2.75) is 64.8 Å². The van der Waals surface area contributed by atoms with Gasteiger partial charge in [0.25, 0.3) is 0 Å². The first-order chi connectivity index (χ1) is 7.23. The van der Waals surface area contributed by atoms with Crippen LogP contribution >= 0.6 is 0 Å². The summed E-state index contributed by atoms with van der Waals surface area (Å²) in [4.78, 5) is 0. The molecule has 1 fully saturated rings. The first-order valence-electron chi connectivity index (χ1n) is 6.40. The molecule has 1 aliphatic rings. The predicted octanol–water partition coefficient (Wildman–Crippen LogP) is 3.35. The smallest absolute Gasteiger partial charge is 0.0130 e. The highest BCUT2D eigenvalue weighted by Gasteiger charge is 2.35. The Morgan fingerprint density at radius 3 is 2.60 bits per heavy atom. The van der Waals surface area contributed by atoms with E-state index in [1.807, 2.05) is 0 Å². The number of rotatable bonds is 6. The second-order valence-corrected chi connectivity index (χ2v) is 5.11. The summed E-state index contributed by atoms with van der Waals surface area (Å²) in [5.41, 5.74) is 0.506. The molecular formula is C14H25N. The summed E-state index contributed by atoms with van der Waals surface area (Å²) in [5.74, 6) is 2.78. The third kappa shape index (κ3) is 3.54. The Balaban J connectivity index is 2.49. The van der Waals surface area contributed by atoms with Gasteiger partial charge in [-0.15, -0.1) is 12.3 Å². The zero-order valence-electron chi connectivity index (χ0n) is 10.3. The molecule has 0 radical (unpaired) electrons. The molecule has 0 saturated heterocycles. The van der Waals surface area contributed by atoms with Gasteiger partial charge >= 0.3 is 0 Å². The minimum atomic E-state index is 0.506. The van der Waals surface area contributed by atoms with Crippen molar-refractivity contribution in [2.24, 2.45) is 5.41 Å². The van der Waals surface area contributed by atoms with Gasteiger partial charge in [-0.25, -0.2) is 0 Å². The SMILES string of the molecule is C#CCCC(NCCC)C1(C)CCCC1. The van der Waals surface area contributed by atoms with Gasteiger partial charge in [-0.05, 0) is 37.6 Å². The second kappa shape index (κ2) is 6.18. The van der Waals surface area contributed by atoms with Crippen LogP contribution in [0.4, 0.5) is 0 Å². The topological polar surface area (TPSA) is 12.0 Å². The van der Waals surface area contributed by atoms with E-state index in [1.54, 1.807) is 0 Å². The Morgan fingerprint density at radius 2 is 2.07 bits per heavy atom. The third-order valence-electron chi connectivity index (χ3n) is 3.81. The van der Waals surface area contributed by atoms with Crippen LogP contribution in [0.25, 0.3) is 0 Å². The van der Waals surface area contributed by atoms with E-state index in [0.29, 0.717) is 11.5 Å². The van der Waals surface area contributed by atoms with Gasteiger partial charge in [0.1, 0.15) is 0 Å². The van der Waals surface area contributed by atoms with E-state index >= 15 is 0 Å². The van der Waals surface area contributed by atoms with Crippen LogP contribution in [0.5, 0.6) is 0 Å². The quantitative estimate of drug-likeness (QED) is 0.659. The van der Waals surface area contributed by atoms with Crippen LogP contribution in [0.2, 0.25) is 0 Å². The molecule has 1 saturated carbocycles. The summed E-state index contributed by atoms with van der Waals surface area (Å²) in [5, 5.41) is 3.69. The minimum Gasteiger partial charge on any atom is -0.313 e. The maximum Gasteiger partial charge on any atom is 0.0130 e. The summed E-state index contributed by atoms with van der Waals surface area (Å²) in [6.45, 7) is 5.79. The van der Waals surface area contributed by atoms with Crippen LogP contribution in [0.3, 0.4) is 0 Å². The number of nitrogens with one attached hydrogen (secondary N) is 1. The zero-order chi connectivity index (χ0) is 11.1. The van der Waals surface area contributed by atoms with Gasteiger partial charge in [-0.2, -0.15) is 0 Å². The molecule has 0 spiro atoms. The summed E-state index contributed by atoms with van der Waals surface area (Å²) < 4.78 is 0. The zero-order valence-corrected chi connectivity index (χ0v) is 10.3. The van der Waals surface area contributed by atoms with Crippen molar-refractivity contribution in [3.63, 3.8) is 0 Å². The normalized spacial score (nSPS) is 21.1. The Morgan fingerprint density at radius 1 is 1.40 bits per heavy atom. The fourth-order valence-electron chi connectivity index (χ4n) is 2.77. The van der Waals surface area contributed by atoms with E-state index in [0.717, 1.165) is 19.4 Å². The van der Waals surface area contributed by atoms with Crippen LogP contribution in [-0.4, -0.2) is 12.6 Å². The molecule has 0 aliphatic heterocycles. The Labute approximate surface area is 95.0 Å². The molecule has 86 valence electrons. The minimum absolute atomic E-state index is 0.506. The largest absolute Gasteiger partial charge is 0.313 e. The van der Waals surface area contributed by atoms with E-state index in [4.69, 9.17) is 6.42 Å². The summed E-state index contributed by atoms with van der Waals surface area (Å²) in [7, 11) is 0. The first kappa shape index (κ1) is 12.6. The molecule has 1 nitrogen and oxygen atoms in total. The van der Waals surface area contributed by atoms with Crippen LogP contribution in [0.15, 0.2) is 0 Å². The molecule has 0 aromatic rings. The molecule has 1 heteroatoms. The average Bonchev–Trinajstić information content (AvgIpc) is 2.66. The molecule has 1 unspecified atom stereocenters.